The zero-order valence-corrected chi connectivity index (χ0v) is 22.1. The first-order valence-electron chi connectivity index (χ1n) is 13.5. The molecule has 0 aromatic rings. The summed E-state index contributed by atoms with van der Waals surface area (Å²) in [5.41, 5.74) is 2.60. The van der Waals surface area contributed by atoms with Crippen LogP contribution in [0, 0.1) is 34.5 Å². The number of ether oxygens (including phenoxy) is 1. The van der Waals surface area contributed by atoms with E-state index in [1.807, 2.05) is 0 Å². The van der Waals surface area contributed by atoms with Crippen molar-refractivity contribution in [3.63, 3.8) is 0 Å². The molecule has 1 N–H and O–H groups in total. The molecule has 5 heteroatoms. The molecular formula is C30H40O5. The molecule has 4 aliphatic carbocycles. The zero-order chi connectivity index (χ0) is 25.5. The van der Waals surface area contributed by atoms with Crippen LogP contribution in [-0.2, 0) is 19.1 Å². The second kappa shape index (κ2) is 7.99. The standard InChI is InChI=1S/C30H40O5/c1-16-9-7-11-20-13-23(31)22(15-28(16,20)5)18(3)26(32)25-24-19(4)27(33)35-30(24,34)14-21-12-8-10-17(2)29(21,25)6/h13,16-17,21,25,34H,7-12,14-15H2,1-6H3/b22-18-/t16-,17-,21+,25-,28+,29+,30-/m0/s1. The Morgan fingerprint density at radius 3 is 2.49 bits per heavy atom. The second-order valence-corrected chi connectivity index (χ2v) is 12.6. The van der Waals surface area contributed by atoms with Gasteiger partial charge in [-0.2, -0.15) is 0 Å². The Bertz CT molecular complexity index is 1110. The Kier molecular flexibility index (Phi) is 5.64. The van der Waals surface area contributed by atoms with Gasteiger partial charge in [0.05, 0.1) is 5.92 Å². The molecule has 0 aromatic heterocycles. The normalized spacial score (nSPS) is 44.7. The van der Waals surface area contributed by atoms with E-state index in [-0.39, 0.29) is 28.8 Å². The molecule has 190 valence electrons. The Morgan fingerprint density at radius 1 is 1.09 bits per heavy atom. The average molecular weight is 481 g/mol. The molecular weight excluding hydrogens is 440 g/mol. The third-order valence-corrected chi connectivity index (χ3v) is 11.1. The van der Waals surface area contributed by atoms with Crippen molar-refractivity contribution in [3.8, 4) is 0 Å². The van der Waals surface area contributed by atoms with Gasteiger partial charge < -0.3 is 9.84 Å². The van der Waals surface area contributed by atoms with Crippen LogP contribution in [0.2, 0.25) is 0 Å². The van der Waals surface area contributed by atoms with Crippen LogP contribution in [0.3, 0.4) is 0 Å². The molecule has 0 spiro atoms. The van der Waals surface area contributed by atoms with Crippen molar-refractivity contribution in [1.82, 2.24) is 0 Å². The number of fused-ring (bicyclic) bond motifs is 3. The van der Waals surface area contributed by atoms with Crippen molar-refractivity contribution >= 4 is 17.5 Å². The molecule has 35 heavy (non-hydrogen) atoms. The maximum Gasteiger partial charge on any atom is 0.336 e. The summed E-state index contributed by atoms with van der Waals surface area (Å²) in [6.07, 6.45) is 8.83. The number of rotatable bonds is 2. The maximum atomic E-state index is 14.5. The number of carbonyl (C=O) groups excluding carboxylic acids is 3. The smallest absolute Gasteiger partial charge is 0.336 e. The molecule has 0 bridgehead atoms. The minimum absolute atomic E-state index is 0.0497. The van der Waals surface area contributed by atoms with Gasteiger partial charge in [0.15, 0.2) is 11.6 Å². The van der Waals surface area contributed by atoms with Gasteiger partial charge in [-0.15, -0.1) is 0 Å². The number of esters is 1. The second-order valence-electron chi connectivity index (χ2n) is 12.6. The van der Waals surface area contributed by atoms with Gasteiger partial charge in [0, 0.05) is 23.1 Å². The topological polar surface area (TPSA) is 80.7 Å². The highest BCUT2D eigenvalue weighted by Gasteiger charge is 2.64. The number of ketones is 2. The van der Waals surface area contributed by atoms with Crippen LogP contribution >= 0.6 is 0 Å². The minimum Gasteiger partial charge on any atom is -0.426 e. The van der Waals surface area contributed by atoms with E-state index in [1.165, 1.54) is 5.57 Å². The fraction of sp³-hybridized carbons (Fsp3) is 0.700. The van der Waals surface area contributed by atoms with Gasteiger partial charge in [-0.05, 0) is 86.2 Å². The summed E-state index contributed by atoms with van der Waals surface area (Å²) >= 11 is 0. The number of Topliss-reactive ketones (excluding diaryl/α,β-unsaturated/α-hetero) is 1. The van der Waals surface area contributed by atoms with Crippen LogP contribution in [-0.4, -0.2) is 28.4 Å². The number of aliphatic hydroxyl groups is 1. The lowest BCUT2D eigenvalue weighted by molar-refractivity contribution is -0.213. The lowest BCUT2D eigenvalue weighted by Gasteiger charge is -2.57. The van der Waals surface area contributed by atoms with E-state index in [0.717, 1.165) is 38.5 Å². The number of hydrogen-bond donors (Lipinski definition) is 1. The summed E-state index contributed by atoms with van der Waals surface area (Å²) in [5.74, 6) is -2.34. The van der Waals surface area contributed by atoms with Crippen molar-refractivity contribution in [1.29, 1.82) is 0 Å². The van der Waals surface area contributed by atoms with Crippen molar-refractivity contribution in [2.75, 3.05) is 0 Å². The summed E-state index contributed by atoms with van der Waals surface area (Å²) in [5, 5.41) is 11.5. The third-order valence-electron chi connectivity index (χ3n) is 11.1. The average Bonchev–Trinajstić information content (AvgIpc) is 3.01. The molecule has 0 saturated heterocycles. The Labute approximate surface area is 209 Å². The van der Waals surface area contributed by atoms with Crippen LogP contribution in [0.1, 0.15) is 92.9 Å². The molecule has 0 aromatic carbocycles. The highest BCUT2D eigenvalue weighted by atomic mass is 16.7. The van der Waals surface area contributed by atoms with Gasteiger partial charge in [0.2, 0.25) is 5.79 Å². The Hall–Kier alpha value is -2.01. The molecule has 5 aliphatic rings. The molecule has 3 saturated carbocycles. The molecule has 3 fully saturated rings. The zero-order valence-electron chi connectivity index (χ0n) is 22.1. The summed E-state index contributed by atoms with van der Waals surface area (Å²) in [6, 6.07) is 0. The van der Waals surface area contributed by atoms with Crippen molar-refractivity contribution in [3.05, 3.63) is 33.9 Å². The predicted octanol–water partition coefficient (Wildman–Crippen LogP) is 5.62. The van der Waals surface area contributed by atoms with Crippen LogP contribution in [0.4, 0.5) is 0 Å². The van der Waals surface area contributed by atoms with Crippen LogP contribution in [0.25, 0.3) is 0 Å². The Morgan fingerprint density at radius 2 is 1.77 bits per heavy atom. The summed E-state index contributed by atoms with van der Waals surface area (Å²) in [4.78, 5) is 40.5. The first kappa shape index (κ1) is 24.7. The molecule has 5 nitrogen and oxygen atoms in total. The van der Waals surface area contributed by atoms with Crippen LogP contribution < -0.4 is 0 Å². The first-order chi connectivity index (χ1) is 16.3. The van der Waals surface area contributed by atoms with Crippen LogP contribution in [0.15, 0.2) is 33.9 Å². The van der Waals surface area contributed by atoms with Crippen molar-refractivity contribution in [2.45, 2.75) is 98.7 Å². The SMILES string of the molecule is CC1=C2[C@@H](C(=O)/C(C)=C3/C[C@@]4(C)C(=CC3=O)CCC[C@@H]4C)[C@@]3(C)[C@H](CCC[C@@H]3C)C[C@]2(O)OC1=O. The first-order valence-corrected chi connectivity index (χ1v) is 13.5. The van der Waals surface area contributed by atoms with E-state index in [2.05, 4.69) is 27.7 Å². The molecule has 0 amide bonds. The third kappa shape index (κ3) is 3.33. The number of hydrogen-bond acceptors (Lipinski definition) is 5. The van der Waals surface area contributed by atoms with E-state index >= 15 is 0 Å². The largest absolute Gasteiger partial charge is 0.426 e. The van der Waals surface area contributed by atoms with Gasteiger partial charge in [-0.1, -0.05) is 46.1 Å². The van der Waals surface area contributed by atoms with Crippen LogP contribution in [0.5, 0.6) is 0 Å². The maximum absolute atomic E-state index is 14.5. The highest BCUT2D eigenvalue weighted by Crippen LogP contribution is 2.63. The molecule has 7 atom stereocenters. The van der Waals surface area contributed by atoms with E-state index in [1.54, 1.807) is 19.9 Å². The fourth-order valence-corrected chi connectivity index (χ4v) is 8.30. The quantitative estimate of drug-likeness (QED) is 0.410. The van der Waals surface area contributed by atoms with E-state index in [0.29, 0.717) is 41.1 Å². The fourth-order valence-electron chi connectivity index (χ4n) is 8.30. The number of allylic oxidation sites excluding steroid dienone is 4. The van der Waals surface area contributed by atoms with Crippen molar-refractivity contribution in [2.24, 2.45) is 34.5 Å². The monoisotopic (exact) mass is 480 g/mol. The molecule has 5 rings (SSSR count). The van der Waals surface area contributed by atoms with Gasteiger partial charge in [0.1, 0.15) is 0 Å². The van der Waals surface area contributed by atoms with E-state index < -0.39 is 23.1 Å². The minimum atomic E-state index is -1.72. The summed E-state index contributed by atoms with van der Waals surface area (Å²) in [7, 11) is 0. The molecule has 0 radical (unpaired) electrons. The predicted molar refractivity (Wildman–Crippen MR) is 133 cm³/mol. The summed E-state index contributed by atoms with van der Waals surface area (Å²) in [6.45, 7) is 12.3. The van der Waals surface area contributed by atoms with Gasteiger partial charge >= 0.3 is 5.97 Å². The van der Waals surface area contributed by atoms with Gasteiger partial charge in [0.25, 0.3) is 0 Å². The summed E-state index contributed by atoms with van der Waals surface area (Å²) < 4.78 is 5.52. The van der Waals surface area contributed by atoms with E-state index in [9.17, 15) is 19.5 Å². The molecule has 1 aliphatic heterocycles. The lowest BCUT2D eigenvalue weighted by Crippen LogP contribution is -2.57. The Balaban J connectivity index is 1.64. The highest BCUT2D eigenvalue weighted by molar-refractivity contribution is 6.13. The van der Waals surface area contributed by atoms with Crippen molar-refractivity contribution < 1.29 is 24.2 Å². The molecule has 1 heterocycles. The number of carbonyl (C=O) groups is 3. The van der Waals surface area contributed by atoms with Gasteiger partial charge in [-0.3, -0.25) is 9.59 Å². The van der Waals surface area contributed by atoms with E-state index in [4.69, 9.17) is 4.74 Å². The van der Waals surface area contributed by atoms with Gasteiger partial charge in [-0.25, -0.2) is 4.79 Å². The molecule has 0 unspecified atom stereocenters. The lowest BCUT2D eigenvalue weighted by atomic mass is 9.47.